The SMILES string of the molecule is FC(F)(F)c1cc(-c2ccc(Br)o2)nc(-c2ccccc2)n1. The van der Waals surface area contributed by atoms with E-state index in [4.69, 9.17) is 4.42 Å². The highest BCUT2D eigenvalue weighted by atomic mass is 79.9. The number of hydrogen-bond donors (Lipinski definition) is 0. The predicted molar refractivity (Wildman–Crippen MR) is 77.9 cm³/mol. The number of alkyl halides is 3. The van der Waals surface area contributed by atoms with Gasteiger partial charge in [0.1, 0.15) is 11.4 Å². The highest BCUT2D eigenvalue weighted by Gasteiger charge is 2.34. The monoisotopic (exact) mass is 368 g/mol. The van der Waals surface area contributed by atoms with Gasteiger partial charge in [-0.05, 0) is 34.1 Å². The van der Waals surface area contributed by atoms with Gasteiger partial charge in [-0.25, -0.2) is 9.97 Å². The molecule has 0 spiro atoms. The summed E-state index contributed by atoms with van der Waals surface area (Å²) in [6.07, 6.45) is -4.56. The minimum absolute atomic E-state index is 0.00190. The lowest BCUT2D eigenvalue weighted by Gasteiger charge is -2.09. The van der Waals surface area contributed by atoms with Gasteiger partial charge >= 0.3 is 6.18 Å². The fraction of sp³-hybridized carbons (Fsp3) is 0.0667. The Morgan fingerprint density at radius 1 is 0.955 bits per heavy atom. The Morgan fingerprint density at radius 2 is 1.68 bits per heavy atom. The van der Waals surface area contributed by atoms with Crippen LogP contribution in [0.25, 0.3) is 22.8 Å². The minimum atomic E-state index is -4.56. The van der Waals surface area contributed by atoms with E-state index in [0.717, 1.165) is 6.07 Å². The number of furan rings is 1. The molecule has 112 valence electrons. The average Bonchev–Trinajstić information content (AvgIpc) is 2.93. The normalized spacial score (nSPS) is 11.6. The molecule has 7 heteroatoms. The minimum Gasteiger partial charge on any atom is -0.448 e. The third-order valence-electron chi connectivity index (χ3n) is 2.87. The van der Waals surface area contributed by atoms with Gasteiger partial charge in [-0.2, -0.15) is 13.2 Å². The molecule has 0 saturated carbocycles. The Bertz CT molecular complexity index is 800. The molecule has 1 aromatic carbocycles. The van der Waals surface area contributed by atoms with Crippen molar-refractivity contribution in [3.05, 3.63) is 58.9 Å². The van der Waals surface area contributed by atoms with E-state index in [0.29, 0.717) is 10.2 Å². The van der Waals surface area contributed by atoms with Crippen molar-refractivity contribution in [3.63, 3.8) is 0 Å². The fourth-order valence-electron chi connectivity index (χ4n) is 1.89. The first-order chi connectivity index (χ1) is 10.4. The van der Waals surface area contributed by atoms with E-state index in [1.807, 2.05) is 0 Å². The van der Waals surface area contributed by atoms with Gasteiger partial charge < -0.3 is 4.42 Å². The van der Waals surface area contributed by atoms with Crippen LogP contribution in [0.2, 0.25) is 0 Å². The molecule has 0 atom stereocenters. The van der Waals surface area contributed by atoms with Crippen LogP contribution < -0.4 is 0 Å². The van der Waals surface area contributed by atoms with Crippen LogP contribution in [0.5, 0.6) is 0 Å². The molecule has 3 nitrogen and oxygen atoms in total. The summed E-state index contributed by atoms with van der Waals surface area (Å²) in [7, 11) is 0. The van der Waals surface area contributed by atoms with Crippen molar-refractivity contribution in [2.24, 2.45) is 0 Å². The first-order valence-corrected chi connectivity index (χ1v) is 7.00. The van der Waals surface area contributed by atoms with Crippen LogP contribution in [0.15, 0.2) is 57.6 Å². The zero-order chi connectivity index (χ0) is 15.7. The maximum atomic E-state index is 13.1. The lowest BCUT2D eigenvalue weighted by atomic mass is 10.2. The maximum Gasteiger partial charge on any atom is 0.433 e. The summed E-state index contributed by atoms with van der Waals surface area (Å²) in [5, 5.41) is 0. The first-order valence-electron chi connectivity index (χ1n) is 6.21. The van der Waals surface area contributed by atoms with Crippen molar-refractivity contribution in [2.45, 2.75) is 6.18 Å². The molecule has 0 N–H and O–H groups in total. The molecule has 0 fully saturated rings. The Hall–Kier alpha value is -2.15. The predicted octanol–water partition coefficient (Wildman–Crippen LogP) is 5.18. The van der Waals surface area contributed by atoms with E-state index in [-0.39, 0.29) is 17.3 Å². The van der Waals surface area contributed by atoms with E-state index >= 15 is 0 Å². The number of halogens is 4. The third-order valence-corrected chi connectivity index (χ3v) is 3.30. The summed E-state index contributed by atoms with van der Waals surface area (Å²) in [4.78, 5) is 7.79. The quantitative estimate of drug-likeness (QED) is 0.625. The van der Waals surface area contributed by atoms with Crippen molar-refractivity contribution >= 4 is 15.9 Å². The zero-order valence-electron chi connectivity index (χ0n) is 10.9. The summed E-state index contributed by atoms with van der Waals surface area (Å²) < 4.78 is 44.9. The summed E-state index contributed by atoms with van der Waals surface area (Å²) >= 11 is 3.12. The molecule has 0 aliphatic carbocycles. The smallest absolute Gasteiger partial charge is 0.433 e. The van der Waals surface area contributed by atoms with Gasteiger partial charge in [0.2, 0.25) is 0 Å². The summed E-state index contributed by atoms with van der Waals surface area (Å²) in [5.74, 6) is 0.231. The van der Waals surface area contributed by atoms with Gasteiger partial charge in [-0.3, -0.25) is 0 Å². The van der Waals surface area contributed by atoms with E-state index in [9.17, 15) is 13.2 Å². The Kier molecular flexibility index (Phi) is 3.74. The summed E-state index contributed by atoms with van der Waals surface area (Å²) in [6, 6.07) is 12.5. The van der Waals surface area contributed by atoms with Crippen molar-refractivity contribution in [1.82, 2.24) is 9.97 Å². The van der Waals surface area contributed by atoms with Crippen molar-refractivity contribution in [3.8, 4) is 22.8 Å². The molecular formula is C15H8BrF3N2O. The van der Waals surface area contributed by atoms with Crippen LogP contribution in [0.1, 0.15) is 5.69 Å². The molecule has 22 heavy (non-hydrogen) atoms. The molecule has 0 aliphatic rings. The maximum absolute atomic E-state index is 13.1. The highest BCUT2D eigenvalue weighted by Crippen LogP contribution is 2.33. The second-order valence-corrected chi connectivity index (χ2v) is 5.21. The molecule has 0 aliphatic heterocycles. The molecule has 3 rings (SSSR count). The summed E-state index contributed by atoms with van der Waals surface area (Å²) in [6.45, 7) is 0. The molecule has 0 bridgehead atoms. The van der Waals surface area contributed by atoms with Crippen LogP contribution in [-0.4, -0.2) is 9.97 Å². The average molecular weight is 369 g/mol. The summed E-state index contributed by atoms with van der Waals surface area (Å²) in [5.41, 5.74) is -0.434. The standard InChI is InChI=1S/C15H8BrF3N2O/c16-13-7-6-11(22-13)10-8-12(15(17,18)19)21-14(20-10)9-4-2-1-3-5-9/h1-8H. The van der Waals surface area contributed by atoms with Gasteiger partial charge in [-0.15, -0.1) is 0 Å². The van der Waals surface area contributed by atoms with E-state index < -0.39 is 11.9 Å². The number of aromatic nitrogens is 2. The highest BCUT2D eigenvalue weighted by molar-refractivity contribution is 9.10. The van der Waals surface area contributed by atoms with Gasteiger partial charge in [0, 0.05) is 5.56 Å². The Morgan fingerprint density at radius 3 is 2.27 bits per heavy atom. The molecule has 0 amide bonds. The number of benzene rings is 1. The van der Waals surface area contributed by atoms with Crippen LogP contribution in [0.4, 0.5) is 13.2 Å². The van der Waals surface area contributed by atoms with Crippen LogP contribution in [-0.2, 0) is 6.18 Å². The van der Waals surface area contributed by atoms with E-state index in [1.165, 1.54) is 0 Å². The van der Waals surface area contributed by atoms with Gasteiger partial charge in [-0.1, -0.05) is 30.3 Å². The largest absolute Gasteiger partial charge is 0.448 e. The molecule has 3 aromatic rings. The molecule has 0 saturated heterocycles. The van der Waals surface area contributed by atoms with Crippen molar-refractivity contribution in [1.29, 1.82) is 0 Å². The number of rotatable bonds is 2. The van der Waals surface area contributed by atoms with Gasteiger partial charge in [0.25, 0.3) is 0 Å². The molecule has 0 unspecified atom stereocenters. The molecule has 2 aromatic heterocycles. The number of hydrogen-bond acceptors (Lipinski definition) is 3. The van der Waals surface area contributed by atoms with Crippen LogP contribution in [0.3, 0.4) is 0 Å². The lowest BCUT2D eigenvalue weighted by Crippen LogP contribution is -2.10. The second-order valence-electron chi connectivity index (χ2n) is 4.43. The Balaban J connectivity index is 2.19. The van der Waals surface area contributed by atoms with Gasteiger partial charge in [0.05, 0.1) is 0 Å². The molecule has 2 heterocycles. The van der Waals surface area contributed by atoms with Crippen LogP contribution >= 0.6 is 15.9 Å². The molecular weight excluding hydrogens is 361 g/mol. The second kappa shape index (κ2) is 5.57. The Labute approximate surface area is 132 Å². The lowest BCUT2D eigenvalue weighted by molar-refractivity contribution is -0.141. The molecule has 0 radical (unpaired) electrons. The van der Waals surface area contributed by atoms with Gasteiger partial charge in [0.15, 0.2) is 16.3 Å². The third kappa shape index (κ3) is 3.04. The van der Waals surface area contributed by atoms with Crippen LogP contribution in [0, 0.1) is 0 Å². The van der Waals surface area contributed by atoms with Crippen molar-refractivity contribution in [2.75, 3.05) is 0 Å². The van der Waals surface area contributed by atoms with Crippen molar-refractivity contribution < 1.29 is 17.6 Å². The van der Waals surface area contributed by atoms with E-state index in [1.54, 1.807) is 42.5 Å². The topological polar surface area (TPSA) is 38.9 Å². The van der Waals surface area contributed by atoms with E-state index in [2.05, 4.69) is 25.9 Å². The fourth-order valence-corrected chi connectivity index (χ4v) is 2.19. The number of nitrogens with zero attached hydrogens (tertiary/aromatic N) is 2. The zero-order valence-corrected chi connectivity index (χ0v) is 12.5. The first kappa shape index (κ1) is 14.8.